The topological polar surface area (TPSA) is 93.7 Å². The zero-order chi connectivity index (χ0) is 19.6. The van der Waals surface area contributed by atoms with Crippen LogP contribution in [0.5, 0.6) is 5.75 Å². The average Bonchev–Trinajstić information content (AvgIpc) is 2.64. The molecule has 142 valence electrons. The van der Waals surface area contributed by atoms with Gasteiger partial charge in [0, 0.05) is 18.3 Å². The molecule has 27 heavy (non-hydrogen) atoms. The Morgan fingerprint density at radius 2 is 1.63 bits per heavy atom. The zero-order valence-electron chi connectivity index (χ0n) is 15.2. The maximum atomic E-state index is 12.1. The van der Waals surface area contributed by atoms with Crippen LogP contribution in [0, 0.1) is 0 Å². The molecule has 0 bridgehead atoms. The highest BCUT2D eigenvalue weighted by Gasteiger charge is 2.21. The SMILES string of the molecule is CC[C@@H](Oc1ccccc1)C(=O)OCC(=O)Nc1cccc(NC(C)=O)c1. The Morgan fingerprint density at radius 3 is 2.26 bits per heavy atom. The molecule has 2 amide bonds. The Balaban J connectivity index is 1.85. The smallest absolute Gasteiger partial charge is 0.347 e. The molecule has 0 fully saturated rings. The zero-order valence-corrected chi connectivity index (χ0v) is 15.2. The lowest BCUT2D eigenvalue weighted by Crippen LogP contribution is -2.31. The van der Waals surface area contributed by atoms with E-state index < -0.39 is 24.6 Å². The summed E-state index contributed by atoms with van der Waals surface area (Å²) < 4.78 is 10.6. The van der Waals surface area contributed by atoms with E-state index in [1.54, 1.807) is 55.5 Å². The highest BCUT2D eigenvalue weighted by atomic mass is 16.6. The van der Waals surface area contributed by atoms with Crippen LogP contribution >= 0.6 is 0 Å². The van der Waals surface area contributed by atoms with E-state index in [0.717, 1.165) is 0 Å². The minimum atomic E-state index is -0.789. The number of amides is 2. The average molecular weight is 370 g/mol. The van der Waals surface area contributed by atoms with Gasteiger partial charge in [-0.05, 0) is 36.8 Å². The van der Waals surface area contributed by atoms with Crippen molar-refractivity contribution in [1.29, 1.82) is 0 Å². The molecule has 0 radical (unpaired) electrons. The van der Waals surface area contributed by atoms with Crippen molar-refractivity contribution < 1.29 is 23.9 Å². The lowest BCUT2D eigenvalue weighted by molar-refractivity contribution is -0.154. The van der Waals surface area contributed by atoms with Crippen LogP contribution < -0.4 is 15.4 Å². The molecule has 0 aliphatic heterocycles. The number of ether oxygens (including phenoxy) is 2. The predicted octanol–water partition coefficient (Wildman–Crippen LogP) is 2.98. The van der Waals surface area contributed by atoms with Gasteiger partial charge in [-0.3, -0.25) is 9.59 Å². The number of carbonyl (C=O) groups is 3. The molecular formula is C20H22N2O5. The molecule has 0 saturated carbocycles. The summed E-state index contributed by atoms with van der Waals surface area (Å²) in [7, 11) is 0. The molecule has 0 aliphatic rings. The van der Waals surface area contributed by atoms with E-state index in [9.17, 15) is 14.4 Å². The molecule has 0 heterocycles. The molecule has 0 aromatic heterocycles. The molecule has 7 heteroatoms. The van der Waals surface area contributed by atoms with Crippen molar-refractivity contribution in [3.05, 3.63) is 54.6 Å². The first-order valence-electron chi connectivity index (χ1n) is 8.53. The van der Waals surface area contributed by atoms with E-state index in [0.29, 0.717) is 23.5 Å². The molecule has 1 atom stereocenters. The first-order chi connectivity index (χ1) is 13.0. The number of esters is 1. The summed E-state index contributed by atoms with van der Waals surface area (Å²) >= 11 is 0. The van der Waals surface area contributed by atoms with Crippen LogP contribution in [0.4, 0.5) is 11.4 Å². The van der Waals surface area contributed by atoms with E-state index in [4.69, 9.17) is 9.47 Å². The van der Waals surface area contributed by atoms with Gasteiger partial charge in [0.05, 0.1) is 0 Å². The number of rotatable bonds is 8. The lowest BCUT2D eigenvalue weighted by atomic mass is 10.2. The maximum Gasteiger partial charge on any atom is 0.347 e. The minimum absolute atomic E-state index is 0.212. The van der Waals surface area contributed by atoms with Crippen LogP contribution in [-0.2, 0) is 19.1 Å². The quantitative estimate of drug-likeness (QED) is 0.697. The van der Waals surface area contributed by atoms with Crippen LogP contribution in [0.15, 0.2) is 54.6 Å². The molecule has 0 aliphatic carbocycles. The number of benzene rings is 2. The summed E-state index contributed by atoms with van der Waals surface area (Å²) in [6.07, 6.45) is -0.378. The first kappa shape index (κ1) is 20.0. The molecule has 7 nitrogen and oxygen atoms in total. The second-order valence-corrected chi connectivity index (χ2v) is 5.75. The number of hydrogen-bond acceptors (Lipinski definition) is 5. The van der Waals surface area contributed by atoms with Gasteiger partial charge in [-0.2, -0.15) is 0 Å². The third kappa shape index (κ3) is 6.81. The van der Waals surface area contributed by atoms with Crippen LogP contribution in [0.25, 0.3) is 0 Å². The van der Waals surface area contributed by atoms with E-state index >= 15 is 0 Å². The summed E-state index contributed by atoms with van der Waals surface area (Å²) in [5.74, 6) is -0.752. The fraction of sp³-hybridized carbons (Fsp3) is 0.250. The molecular weight excluding hydrogens is 348 g/mol. The van der Waals surface area contributed by atoms with Gasteiger partial charge in [-0.1, -0.05) is 31.2 Å². The molecule has 2 aromatic rings. The summed E-state index contributed by atoms with van der Waals surface area (Å²) in [5.41, 5.74) is 1.04. The van der Waals surface area contributed by atoms with Crippen LogP contribution in [-0.4, -0.2) is 30.5 Å². The fourth-order valence-electron chi connectivity index (χ4n) is 2.27. The Labute approximate surface area is 157 Å². The summed E-state index contributed by atoms with van der Waals surface area (Å²) in [6.45, 7) is 2.76. The van der Waals surface area contributed by atoms with Gasteiger partial charge in [0.2, 0.25) is 5.91 Å². The Bertz CT molecular complexity index is 792. The van der Waals surface area contributed by atoms with Gasteiger partial charge in [0.25, 0.3) is 5.91 Å². The van der Waals surface area contributed by atoms with Crippen LogP contribution in [0.2, 0.25) is 0 Å². The van der Waals surface area contributed by atoms with Crippen molar-refractivity contribution in [2.75, 3.05) is 17.2 Å². The Morgan fingerprint density at radius 1 is 0.963 bits per heavy atom. The third-order valence-electron chi connectivity index (χ3n) is 3.47. The number of carbonyl (C=O) groups excluding carboxylic acids is 3. The second-order valence-electron chi connectivity index (χ2n) is 5.75. The highest BCUT2D eigenvalue weighted by molar-refractivity contribution is 5.94. The standard InChI is InChI=1S/C20H22N2O5/c1-3-18(27-17-10-5-4-6-11-17)20(25)26-13-19(24)22-16-9-7-8-15(12-16)21-14(2)23/h4-12,18H,3,13H2,1-2H3,(H,21,23)(H,22,24)/t18-/m1/s1. The van der Waals surface area contributed by atoms with Gasteiger partial charge < -0.3 is 20.1 Å². The van der Waals surface area contributed by atoms with Crippen LogP contribution in [0.1, 0.15) is 20.3 Å². The molecule has 0 spiro atoms. The minimum Gasteiger partial charge on any atom is -0.479 e. The lowest BCUT2D eigenvalue weighted by Gasteiger charge is -2.16. The summed E-state index contributed by atoms with van der Waals surface area (Å²) in [4.78, 5) is 35.2. The van der Waals surface area contributed by atoms with Crippen molar-refractivity contribution in [2.24, 2.45) is 0 Å². The largest absolute Gasteiger partial charge is 0.479 e. The Kier molecular flexibility index (Phi) is 7.37. The van der Waals surface area contributed by atoms with Gasteiger partial charge in [0.15, 0.2) is 12.7 Å². The molecule has 0 saturated heterocycles. The van der Waals surface area contributed by atoms with Crippen LogP contribution in [0.3, 0.4) is 0 Å². The Hall–Kier alpha value is -3.35. The molecule has 2 N–H and O–H groups in total. The van der Waals surface area contributed by atoms with Gasteiger partial charge in [-0.25, -0.2) is 4.79 Å². The van der Waals surface area contributed by atoms with Crippen molar-refractivity contribution in [1.82, 2.24) is 0 Å². The third-order valence-corrected chi connectivity index (χ3v) is 3.47. The van der Waals surface area contributed by atoms with Gasteiger partial charge in [-0.15, -0.1) is 0 Å². The van der Waals surface area contributed by atoms with Crippen molar-refractivity contribution in [3.8, 4) is 5.75 Å². The molecule has 0 unspecified atom stereocenters. The predicted molar refractivity (Wildman–Crippen MR) is 101 cm³/mol. The second kappa shape index (κ2) is 9.96. The summed E-state index contributed by atoms with van der Waals surface area (Å²) in [5, 5.41) is 5.23. The van der Waals surface area contributed by atoms with Crippen molar-refractivity contribution in [2.45, 2.75) is 26.4 Å². The van der Waals surface area contributed by atoms with Crippen molar-refractivity contribution >= 4 is 29.2 Å². The number of para-hydroxylation sites is 1. The molecule has 2 aromatic carbocycles. The normalized spacial score (nSPS) is 11.2. The van der Waals surface area contributed by atoms with E-state index in [1.807, 2.05) is 6.07 Å². The number of hydrogen-bond donors (Lipinski definition) is 2. The van der Waals surface area contributed by atoms with E-state index in [2.05, 4.69) is 10.6 Å². The van der Waals surface area contributed by atoms with Crippen molar-refractivity contribution in [3.63, 3.8) is 0 Å². The number of anilines is 2. The van der Waals surface area contributed by atoms with Gasteiger partial charge >= 0.3 is 5.97 Å². The first-order valence-corrected chi connectivity index (χ1v) is 8.53. The van der Waals surface area contributed by atoms with Gasteiger partial charge in [0.1, 0.15) is 5.75 Å². The number of nitrogens with one attached hydrogen (secondary N) is 2. The molecule has 2 rings (SSSR count). The highest BCUT2D eigenvalue weighted by Crippen LogP contribution is 2.15. The maximum absolute atomic E-state index is 12.1. The fourth-order valence-corrected chi connectivity index (χ4v) is 2.27. The monoisotopic (exact) mass is 370 g/mol. The van der Waals surface area contributed by atoms with E-state index in [1.165, 1.54) is 6.92 Å². The summed E-state index contributed by atoms with van der Waals surface area (Å²) in [6, 6.07) is 15.6. The van der Waals surface area contributed by atoms with E-state index in [-0.39, 0.29) is 5.91 Å².